The average Bonchev–Trinajstić information content (AvgIpc) is 3.06. The second-order valence-corrected chi connectivity index (χ2v) is 6.29. The van der Waals surface area contributed by atoms with Crippen molar-refractivity contribution in [2.75, 3.05) is 26.2 Å². The lowest BCUT2D eigenvalue weighted by Crippen LogP contribution is -2.45. The monoisotopic (exact) mass is 334 g/mol. The summed E-state index contributed by atoms with van der Waals surface area (Å²) in [7, 11) is 0. The van der Waals surface area contributed by atoms with E-state index in [0.29, 0.717) is 32.0 Å². The molecular formula is C14H21F3N4S. The third kappa shape index (κ3) is 5.84. The van der Waals surface area contributed by atoms with Gasteiger partial charge in [0.25, 0.3) is 0 Å². The fourth-order valence-electron chi connectivity index (χ4n) is 2.42. The maximum Gasteiger partial charge on any atom is 0.401 e. The molecule has 0 aromatic carbocycles. The van der Waals surface area contributed by atoms with Crippen molar-refractivity contribution in [3.8, 4) is 0 Å². The van der Waals surface area contributed by atoms with Gasteiger partial charge in [-0.05, 0) is 24.8 Å². The SMILES string of the molecule is CCNC(=NCc1cccs1)NC1CCN(CC(F)(F)F)C1. The van der Waals surface area contributed by atoms with Crippen LogP contribution >= 0.6 is 11.3 Å². The summed E-state index contributed by atoms with van der Waals surface area (Å²) in [5.74, 6) is 0.662. The molecule has 8 heteroatoms. The summed E-state index contributed by atoms with van der Waals surface area (Å²) >= 11 is 1.64. The van der Waals surface area contributed by atoms with E-state index in [-0.39, 0.29) is 6.04 Å². The number of nitrogens with one attached hydrogen (secondary N) is 2. The van der Waals surface area contributed by atoms with Gasteiger partial charge in [0.1, 0.15) is 0 Å². The van der Waals surface area contributed by atoms with Crippen molar-refractivity contribution >= 4 is 17.3 Å². The van der Waals surface area contributed by atoms with Crippen molar-refractivity contribution < 1.29 is 13.2 Å². The number of guanidine groups is 1. The summed E-state index contributed by atoms with van der Waals surface area (Å²) in [6.45, 7) is 3.27. The van der Waals surface area contributed by atoms with Gasteiger partial charge in [-0.1, -0.05) is 6.07 Å². The Morgan fingerprint density at radius 2 is 2.32 bits per heavy atom. The minimum absolute atomic E-state index is 0.00323. The van der Waals surface area contributed by atoms with Gasteiger partial charge in [-0.3, -0.25) is 4.90 Å². The number of aliphatic imine (C=N–C) groups is 1. The Labute approximate surface area is 132 Å². The van der Waals surface area contributed by atoms with Gasteiger partial charge in [0, 0.05) is 30.6 Å². The molecule has 1 aromatic heterocycles. The normalized spacial score (nSPS) is 20.4. The molecule has 1 aliphatic rings. The molecule has 124 valence electrons. The van der Waals surface area contributed by atoms with E-state index in [1.165, 1.54) is 4.90 Å². The average molecular weight is 334 g/mol. The predicted octanol–water partition coefficient (Wildman–Crippen LogP) is 2.44. The van der Waals surface area contributed by atoms with Crippen molar-refractivity contribution in [1.29, 1.82) is 0 Å². The number of halogens is 3. The van der Waals surface area contributed by atoms with Crippen LogP contribution in [0.1, 0.15) is 18.2 Å². The lowest BCUT2D eigenvalue weighted by molar-refractivity contribution is -0.143. The first-order valence-electron chi connectivity index (χ1n) is 7.32. The van der Waals surface area contributed by atoms with Crippen molar-refractivity contribution in [2.45, 2.75) is 32.1 Å². The zero-order valence-corrected chi connectivity index (χ0v) is 13.3. The molecule has 1 fully saturated rings. The topological polar surface area (TPSA) is 39.7 Å². The van der Waals surface area contributed by atoms with Gasteiger partial charge < -0.3 is 10.6 Å². The highest BCUT2D eigenvalue weighted by atomic mass is 32.1. The highest BCUT2D eigenvalue weighted by Gasteiger charge is 2.34. The van der Waals surface area contributed by atoms with Crippen molar-refractivity contribution in [1.82, 2.24) is 15.5 Å². The first kappa shape index (κ1) is 17.1. The van der Waals surface area contributed by atoms with Gasteiger partial charge in [0.15, 0.2) is 5.96 Å². The number of rotatable bonds is 5. The van der Waals surface area contributed by atoms with Crippen LogP contribution in [-0.4, -0.2) is 49.3 Å². The Kier molecular flexibility index (Phi) is 6.07. The summed E-state index contributed by atoms with van der Waals surface area (Å²) in [4.78, 5) is 7.07. The Morgan fingerprint density at radius 1 is 1.50 bits per heavy atom. The number of nitrogens with zero attached hydrogens (tertiary/aromatic N) is 2. The van der Waals surface area contributed by atoms with E-state index in [9.17, 15) is 13.2 Å². The maximum absolute atomic E-state index is 12.4. The Hall–Kier alpha value is -1.28. The molecule has 1 saturated heterocycles. The number of alkyl halides is 3. The molecule has 0 spiro atoms. The largest absolute Gasteiger partial charge is 0.401 e. The maximum atomic E-state index is 12.4. The minimum Gasteiger partial charge on any atom is -0.357 e. The summed E-state index contributed by atoms with van der Waals surface area (Å²) < 4.78 is 37.2. The van der Waals surface area contributed by atoms with E-state index in [1.54, 1.807) is 11.3 Å². The minimum atomic E-state index is -4.13. The summed E-state index contributed by atoms with van der Waals surface area (Å²) in [6.07, 6.45) is -3.44. The van der Waals surface area contributed by atoms with Gasteiger partial charge >= 0.3 is 6.18 Å². The molecule has 4 nitrogen and oxygen atoms in total. The van der Waals surface area contributed by atoms with Gasteiger partial charge in [-0.15, -0.1) is 11.3 Å². The molecule has 0 saturated carbocycles. The zero-order chi connectivity index (χ0) is 16.0. The summed E-state index contributed by atoms with van der Waals surface area (Å²) in [5, 5.41) is 8.36. The fourth-order valence-corrected chi connectivity index (χ4v) is 3.05. The molecule has 2 N–H and O–H groups in total. The molecular weight excluding hydrogens is 313 g/mol. The van der Waals surface area contributed by atoms with E-state index in [1.807, 2.05) is 24.4 Å². The van der Waals surface area contributed by atoms with Crippen LogP contribution in [0, 0.1) is 0 Å². The summed E-state index contributed by atoms with van der Waals surface area (Å²) in [5.41, 5.74) is 0. The van der Waals surface area contributed by atoms with E-state index in [0.717, 1.165) is 11.4 Å². The Balaban J connectivity index is 1.85. The molecule has 22 heavy (non-hydrogen) atoms. The van der Waals surface area contributed by atoms with E-state index in [2.05, 4.69) is 15.6 Å². The molecule has 0 aliphatic carbocycles. The standard InChI is InChI=1S/C14H21F3N4S/c1-2-18-13(19-8-12-4-3-7-22-12)20-11-5-6-21(9-11)10-14(15,16)17/h3-4,7,11H,2,5-6,8-10H2,1H3,(H2,18,19,20). The van der Waals surface area contributed by atoms with Gasteiger partial charge in [0.2, 0.25) is 0 Å². The van der Waals surface area contributed by atoms with Gasteiger partial charge in [0.05, 0.1) is 13.1 Å². The van der Waals surface area contributed by atoms with Crippen LogP contribution < -0.4 is 10.6 Å². The molecule has 1 unspecified atom stereocenters. The van der Waals surface area contributed by atoms with Gasteiger partial charge in [-0.25, -0.2) is 4.99 Å². The number of hydrogen-bond donors (Lipinski definition) is 2. The van der Waals surface area contributed by atoms with Crippen LogP contribution in [0.4, 0.5) is 13.2 Å². The lowest BCUT2D eigenvalue weighted by Gasteiger charge is -2.19. The van der Waals surface area contributed by atoms with E-state index in [4.69, 9.17) is 0 Å². The first-order chi connectivity index (χ1) is 10.5. The van der Waals surface area contributed by atoms with E-state index < -0.39 is 12.7 Å². The molecule has 1 aliphatic heterocycles. The highest BCUT2D eigenvalue weighted by Crippen LogP contribution is 2.20. The van der Waals surface area contributed by atoms with Crippen molar-refractivity contribution in [3.63, 3.8) is 0 Å². The molecule has 2 heterocycles. The van der Waals surface area contributed by atoms with Gasteiger partial charge in [-0.2, -0.15) is 13.2 Å². The molecule has 0 radical (unpaired) electrons. The van der Waals surface area contributed by atoms with Crippen LogP contribution in [0.25, 0.3) is 0 Å². The van der Waals surface area contributed by atoms with Crippen molar-refractivity contribution in [3.05, 3.63) is 22.4 Å². The van der Waals surface area contributed by atoms with E-state index >= 15 is 0 Å². The molecule has 0 bridgehead atoms. The highest BCUT2D eigenvalue weighted by molar-refractivity contribution is 7.09. The van der Waals surface area contributed by atoms with Crippen LogP contribution in [0.5, 0.6) is 0 Å². The lowest BCUT2D eigenvalue weighted by atomic mass is 10.3. The molecule has 0 amide bonds. The zero-order valence-electron chi connectivity index (χ0n) is 12.5. The van der Waals surface area contributed by atoms with Crippen molar-refractivity contribution in [2.24, 2.45) is 4.99 Å². The van der Waals surface area contributed by atoms with Crippen LogP contribution in [0.2, 0.25) is 0 Å². The van der Waals surface area contributed by atoms with Crippen LogP contribution in [0.15, 0.2) is 22.5 Å². The third-order valence-corrected chi connectivity index (χ3v) is 4.19. The number of hydrogen-bond acceptors (Lipinski definition) is 3. The number of thiophene rings is 1. The Morgan fingerprint density at radius 3 is 2.95 bits per heavy atom. The fraction of sp³-hybridized carbons (Fsp3) is 0.643. The predicted molar refractivity (Wildman–Crippen MR) is 83.2 cm³/mol. The smallest absolute Gasteiger partial charge is 0.357 e. The second-order valence-electron chi connectivity index (χ2n) is 5.25. The molecule has 1 aromatic rings. The van der Waals surface area contributed by atoms with Crippen LogP contribution in [-0.2, 0) is 6.54 Å². The molecule has 2 rings (SSSR count). The molecule has 1 atom stereocenters. The third-order valence-electron chi connectivity index (χ3n) is 3.33. The Bertz CT molecular complexity index is 473. The quantitative estimate of drug-likeness (QED) is 0.642. The first-order valence-corrected chi connectivity index (χ1v) is 8.20. The number of likely N-dealkylation sites (tertiary alicyclic amines) is 1. The van der Waals surface area contributed by atoms with Crippen LogP contribution in [0.3, 0.4) is 0 Å². The second kappa shape index (κ2) is 7.82. The summed E-state index contributed by atoms with van der Waals surface area (Å²) in [6, 6.07) is 3.99.